The van der Waals surface area contributed by atoms with Crippen molar-refractivity contribution in [1.29, 1.82) is 0 Å². The van der Waals surface area contributed by atoms with Crippen molar-refractivity contribution < 1.29 is 0 Å². The third-order valence-electron chi connectivity index (χ3n) is 3.63. The molecule has 0 bridgehead atoms. The summed E-state index contributed by atoms with van der Waals surface area (Å²) in [7, 11) is 0. The van der Waals surface area contributed by atoms with Gasteiger partial charge in [0.05, 0.1) is 21.8 Å². The Kier molecular flexibility index (Phi) is 4.59. The van der Waals surface area contributed by atoms with Crippen molar-refractivity contribution >= 4 is 57.2 Å². The van der Waals surface area contributed by atoms with Crippen LogP contribution in [0.15, 0.2) is 55.0 Å². The average molecular weight is 403 g/mol. The second-order valence-corrected chi connectivity index (χ2v) is 6.65. The standard InChI is InChI=1S/C18H10Cl3N5/c19-10-1-4-15-12(7-10)17(24-11-2-3-13(20)14(21)8-11)26-18(25-15)16-9-22-5-6-23-16/h1-9H,(H,24,25,26). The molecule has 0 aliphatic rings. The quantitative estimate of drug-likeness (QED) is 0.470. The van der Waals surface area contributed by atoms with Gasteiger partial charge >= 0.3 is 0 Å². The molecule has 0 saturated carbocycles. The molecule has 2 aromatic heterocycles. The Morgan fingerprint density at radius 1 is 0.846 bits per heavy atom. The van der Waals surface area contributed by atoms with E-state index in [1.54, 1.807) is 42.9 Å². The summed E-state index contributed by atoms with van der Waals surface area (Å²) in [6.07, 6.45) is 4.80. The van der Waals surface area contributed by atoms with Crippen LogP contribution in [0.1, 0.15) is 0 Å². The van der Waals surface area contributed by atoms with Gasteiger partial charge in [-0.1, -0.05) is 34.8 Å². The highest BCUT2D eigenvalue weighted by Gasteiger charge is 2.12. The first-order valence-electron chi connectivity index (χ1n) is 7.56. The highest BCUT2D eigenvalue weighted by molar-refractivity contribution is 6.42. The van der Waals surface area contributed by atoms with Crippen molar-refractivity contribution in [1.82, 2.24) is 19.9 Å². The van der Waals surface area contributed by atoms with Crippen LogP contribution in [0.4, 0.5) is 11.5 Å². The first kappa shape index (κ1) is 17.0. The van der Waals surface area contributed by atoms with E-state index in [-0.39, 0.29) is 0 Å². The van der Waals surface area contributed by atoms with Gasteiger partial charge < -0.3 is 5.32 Å². The van der Waals surface area contributed by atoms with Gasteiger partial charge in [-0.15, -0.1) is 0 Å². The third kappa shape index (κ3) is 3.42. The van der Waals surface area contributed by atoms with Crippen molar-refractivity contribution in [2.75, 3.05) is 5.32 Å². The molecule has 0 amide bonds. The molecule has 4 aromatic rings. The van der Waals surface area contributed by atoms with E-state index in [1.807, 2.05) is 12.1 Å². The first-order valence-corrected chi connectivity index (χ1v) is 8.69. The fourth-order valence-corrected chi connectivity index (χ4v) is 2.91. The Hall–Kier alpha value is -2.47. The molecule has 5 nitrogen and oxygen atoms in total. The Balaban J connectivity index is 1.87. The van der Waals surface area contributed by atoms with Gasteiger partial charge in [0.2, 0.25) is 0 Å². The van der Waals surface area contributed by atoms with Crippen molar-refractivity contribution in [2.24, 2.45) is 0 Å². The van der Waals surface area contributed by atoms with E-state index in [2.05, 4.69) is 25.3 Å². The number of benzene rings is 2. The van der Waals surface area contributed by atoms with E-state index in [9.17, 15) is 0 Å². The zero-order chi connectivity index (χ0) is 18.1. The monoisotopic (exact) mass is 401 g/mol. The van der Waals surface area contributed by atoms with Crippen molar-refractivity contribution in [3.05, 3.63) is 70.1 Å². The van der Waals surface area contributed by atoms with Crippen LogP contribution < -0.4 is 5.32 Å². The van der Waals surface area contributed by atoms with E-state index >= 15 is 0 Å². The maximum Gasteiger partial charge on any atom is 0.182 e. The van der Waals surface area contributed by atoms with E-state index in [0.717, 1.165) is 16.6 Å². The van der Waals surface area contributed by atoms with Gasteiger partial charge in [0, 0.05) is 28.5 Å². The maximum absolute atomic E-state index is 6.15. The highest BCUT2D eigenvalue weighted by atomic mass is 35.5. The largest absolute Gasteiger partial charge is 0.340 e. The minimum atomic E-state index is 0.446. The van der Waals surface area contributed by atoms with Gasteiger partial charge in [-0.05, 0) is 36.4 Å². The van der Waals surface area contributed by atoms with Crippen LogP contribution in [0, 0.1) is 0 Å². The molecule has 4 rings (SSSR count). The second-order valence-electron chi connectivity index (χ2n) is 5.40. The number of rotatable bonds is 3. The molecule has 2 aromatic carbocycles. The fourth-order valence-electron chi connectivity index (χ4n) is 2.44. The summed E-state index contributed by atoms with van der Waals surface area (Å²) < 4.78 is 0. The molecule has 0 spiro atoms. The number of halogens is 3. The van der Waals surface area contributed by atoms with Crippen molar-refractivity contribution in [3.63, 3.8) is 0 Å². The van der Waals surface area contributed by atoms with E-state index in [1.165, 1.54) is 0 Å². The minimum Gasteiger partial charge on any atom is -0.340 e. The lowest BCUT2D eigenvalue weighted by molar-refractivity contribution is 1.13. The smallest absolute Gasteiger partial charge is 0.182 e. The summed E-state index contributed by atoms with van der Waals surface area (Å²) in [4.78, 5) is 17.5. The van der Waals surface area contributed by atoms with E-state index < -0.39 is 0 Å². The normalized spacial score (nSPS) is 10.9. The number of nitrogens with one attached hydrogen (secondary N) is 1. The lowest BCUT2D eigenvalue weighted by Crippen LogP contribution is -2.00. The molecule has 8 heteroatoms. The molecular formula is C18H10Cl3N5. The molecule has 0 atom stereocenters. The zero-order valence-electron chi connectivity index (χ0n) is 13.1. The number of hydrogen-bond acceptors (Lipinski definition) is 5. The van der Waals surface area contributed by atoms with Gasteiger partial charge in [-0.2, -0.15) is 0 Å². The van der Waals surface area contributed by atoms with Gasteiger partial charge in [0.25, 0.3) is 0 Å². The maximum atomic E-state index is 6.15. The molecule has 0 saturated heterocycles. The van der Waals surface area contributed by atoms with Crippen LogP contribution in [0.25, 0.3) is 22.4 Å². The lowest BCUT2D eigenvalue weighted by atomic mass is 10.2. The number of fused-ring (bicyclic) bond motifs is 1. The van der Waals surface area contributed by atoms with Crippen LogP contribution >= 0.6 is 34.8 Å². The Bertz CT molecular complexity index is 1100. The molecule has 2 heterocycles. The molecule has 26 heavy (non-hydrogen) atoms. The van der Waals surface area contributed by atoms with Crippen LogP contribution in [0.5, 0.6) is 0 Å². The third-order valence-corrected chi connectivity index (χ3v) is 4.61. The summed E-state index contributed by atoms with van der Waals surface area (Å²) in [6.45, 7) is 0. The number of aromatic nitrogens is 4. The van der Waals surface area contributed by atoms with Gasteiger partial charge in [-0.25, -0.2) is 15.0 Å². The molecule has 0 aliphatic carbocycles. The summed E-state index contributed by atoms with van der Waals surface area (Å²) >= 11 is 18.2. The predicted molar refractivity (Wildman–Crippen MR) is 105 cm³/mol. The summed E-state index contributed by atoms with van der Waals surface area (Å²) in [5.74, 6) is 1.03. The number of anilines is 2. The van der Waals surface area contributed by atoms with Crippen LogP contribution in [0.3, 0.4) is 0 Å². The van der Waals surface area contributed by atoms with Gasteiger partial charge in [0.15, 0.2) is 5.82 Å². The SMILES string of the molecule is Clc1ccc2nc(-c3cnccn3)nc(Nc3ccc(Cl)c(Cl)c3)c2c1. The second kappa shape index (κ2) is 7.03. The zero-order valence-corrected chi connectivity index (χ0v) is 15.4. The molecule has 0 aliphatic heterocycles. The molecule has 0 unspecified atom stereocenters. The highest BCUT2D eigenvalue weighted by Crippen LogP contribution is 2.31. The van der Waals surface area contributed by atoms with Crippen molar-refractivity contribution in [2.45, 2.75) is 0 Å². The Labute approximate surface area is 164 Å². The number of nitrogens with zero attached hydrogens (tertiary/aromatic N) is 4. The lowest BCUT2D eigenvalue weighted by Gasteiger charge is -2.11. The summed E-state index contributed by atoms with van der Waals surface area (Å²) in [5, 5.41) is 5.54. The van der Waals surface area contributed by atoms with Crippen LogP contribution in [-0.4, -0.2) is 19.9 Å². The molecule has 0 radical (unpaired) electrons. The Morgan fingerprint density at radius 3 is 2.50 bits per heavy atom. The van der Waals surface area contributed by atoms with Gasteiger partial charge in [-0.3, -0.25) is 4.98 Å². The molecule has 0 fully saturated rings. The molecule has 1 N–H and O–H groups in total. The number of hydrogen-bond donors (Lipinski definition) is 1. The molecule has 128 valence electrons. The topological polar surface area (TPSA) is 63.6 Å². The Morgan fingerprint density at radius 2 is 1.73 bits per heavy atom. The first-order chi connectivity index (χ1) is 12.6. The van der Waals surface area contributed by atoms with E-state index in [0.29, 0.717) is 32.4 Å². The minimum absolute atomic E-state index is 0.446. The van der Waals surface area contributed by atoms with Gasteiger partial charge in [0.1, 0.15) is 11.5 Å². The molecular weight excluding hydrogens is 393 g/mol. The van der Waals surface area contributed by atoms with Crippen LogP contribution in [-0.2, 0) is 0 Å². The average Bonchev–Trinajstić information content (AvgIpc) is 2.65. The fraction of sp³-hybridized carbons (Fsp3) is 0. The van der Waals surface area contributed by atoms with Crippen molar-refractivity contribution in [3.8, 4) is 11.5 Å². The van der Waals surface area contributed by atoms with Crippen LogP contribution in [0.2, 0.25) is 15.1 Å². The summed E-state index contributed by atoms with van der Waals surface area (Å²) in [6, 6.07) is 10.7. The van der Waals surface area contributed by atoms with E-state index in [4.69, 9.17) is 34.8 Å². The predicted octanol–water partition coefficient (Wildman–Crippen LogP) is 5.79. The summed E-state index contributed by atoms with van der Waals surface area (Å²) in [5.41, 5.74) is 2.04.